The Morgan fingerprint density at radius 2 is 2.17 bits per heavy atom. The van der Waals surface area contributed by atoms with Crippen molar-refractivity contribution in [1.29, 1.82) is 0 Å². The zero-order valence-electron chi connectivity index (χ0n) is 8.27. The molecule has 0 amide bonds. The van der Waals surface area contributed by atoms with Crippen molar-refractivity contribution in [3.63, 3.8) is 0 Å². The van der Waals surface area contributed by atoms with Crippen LogP contribution in [0.2, 0.25) is 0 Å². The van der Waals surface area contributed by atoms with Gasteiger partial charge in [0.25, 0.3) is 0 Å². The molecule has 1 fully saturated rings. The third kappa shape index (κ3) is 2.37. The van der Waals surface area contributed by atoms with Gasteiger partial charge in [0.1, 0.15) is 0 Å². The van der Waals surface area contributed by atoms with Crippen LogP contribution in [0.15, 0.2) is 0 Å². The van der Waals surface area contributed by atoms with Crippen LogP contribution in [0, 0.1) is 11.3 Å². The van der Waals surface area contributed by atoms with Crippen LogP contribution in [0.3, 0.4) is 0 Å². The minimum atomic E-state index is 0.353. The van der Waals surface area contributed by atoms with E-state index in [0.717, 1.165) is 24.8 Å². The first-order chi connectivity index (χ1) is 5.60. The first kappa shape index (κ1) is 10.3. The van der Waals surface area contributed by atoms with E-state index in [1.165, 1.54) is 6.42 Å². The summed E-state index contributed by atoms with van der Waals surface area (Å²) in [5.74, 6) is 1.61. The summed E-state index contributed by atoms with van der Waals surface area (Å²) in [6.45, 7) is 7.29. The van der Waals surface area contributed by atoms with Crippen molar-refractivity contribution < 1.29 is 4.74 Å². The van der Waals surface area contributed by atoms with Gasteiger partial charge in [-0.05, 0) is 38.0 Å². The lowest BCUT2D eigenvalue weighted by atomic mass is 10.0. The average molecular weight is 191 g/mol. The lowest BCUT2D eigenvalue weighted by Gasteiger charge is -2.14. The van der Waals surface area contributed by atoms with Crippen molar-refractivity contribution in [3.05, 3.63) is 0 Å². The molecule has 0 aliphatic heterocycles. The van der Waals surface area contributed by atoms with Crippen LogP contribution in [-0.2, 0) is 4.74 Å². The Balaban J connectivity index is 2.14. The summed E-state index contributed by atoms with van der Waals surface area (Å²) >= 11 is 5.91. The predicted octanol–water partition coefficient (Wildman–Crippen LogP) is 3.07. The lowest BCUT2D eigenvalue weighted by molar-refractivity contribution is 0.0666. The fourth-order valence-corrected chi connectivity index (χ4v) is 2.16. The summed E-state index contributed by atoms with van der Waals surface area (Å²) in [7, 11) is 0. The first-order valence-corrected chi connectivity index (χ1v) is 5.32. The van der Waals surface area contributed by atoms with Crippen LogP contribution in [0.25, 0.3) is 0 Å². The third-order valence-corrected chi connectivity index (χ3v) is 3.45. The Hall–Kier alpha value is 0.250. The second kappa shape index (κ2) is 3.97. The number of ether oxygens (including phenoxy) is 1. The molecule has 2 unspecified atom stereocenters. The normalized spacial score (nSPS) is 34.2. The molecule has 2 atom stereocenters. The van der Waals surface area contributed by atoms with Crippen molar-refractivity contribution in [2.75, 3.05) is 12.5 Å². The molecule has 1 rings (SSSR count). The van der Waals surface area contributed by atoms with Crippen molar-refractivity contribution in [3.8, 4) is 0 Å². The molecule has 72 valence electrons. The van der Waals surface area contributed by atoms with Gasteiger partial charge in [0.15, 0.2) is 0 Å². The molecule has 0 heterocycles. The van der Waals surface area contributed by atoms with E-state index in [9.17, 15) is 0 Å². The summed E-state index contributed by atoms with van der Waals surface area (Å²) in [6.07, 6.45) is 2.78. The van der Waals surface area contributed by atoms with Gasteiger partial charge in [-0.2, -0.15) is 0 Å². The van der Waals surface area contributed by atoms with Gasteiger partial charge in [-0.25, -0.2) is 0 Å². The smallest absolute Gasteiger partial charge is 0.0518 e. The number of hydrogen-bond acceptors (Lipinski definition) is 1. The fourth-order valence-electron chi connectivity index (χ4n) is 1.65. The van der Waals surface area contributed by atoms with Crippen LogP contribution < -0.4 is 0 Å². The molecule has 1 saturated carbocycles. The molecule has 12 heavy (non-hydrogen) atoms. The third-order valence-electron chi connectivity index (χ3n) is 2.92. The average Bonchev–Trinajstić information content (AvgIpc) is 2.62. The maximum absolute atomic E-state index is 5.91. The predicted molar refractivity (Wildman–Crippen MR) is 52.6 cm³/mol. The Labute approximate surface area is 80.4 Å². The SMILES string of the molecule is CC(C)OCCC1(CCl)CC1C. The molecule has 2 heteroatoms. The standard InChI is InChI=1S/C10H19ClO/c1-8(2)12-5-4-10(7-11)6-9(10)3/h8-9H,4-7H2,1-3H3. The molecular formula is C10H19ClO. The largest absolute Gasteiger partial charge is 0.379 e. The van der Waals surface area contributed by atoms with Crippen LogP contribution in [0.1, 0.15) is 33.6 Å². The topological polar surface area (TPSA) is 9.23 Å². The molecular weight excluding hydrogens is 172 g/mol. The van der Waals surface area contributed by atoms with Gasteiger partial charge in [-0.3, -0.25) is 0 Å². The molecule has 1 nitrogen and oxygen atoms in total. The zero-order valence-corrected chi connectivity index (χ0v) is 9.03. The molecule has 0 spiro atoms. The number of rotatable bonds is 5. The molecule has 0 radical (unpaired) electrons. The zero-order chi connectivity index (χ0) is 9.19. The van der Waals surface area contributed by atoms with Gasteiger partial charge in [-0.15, -0.1) is 11.6 Å². The van der Waals surface area contributed by atoms with E-state index in [0.29, 0.717) is 11.5 Å². The summed E-state index contributed by atoms with van der Waals surface area (Å²) in [4.78, 5) is 0. The summed E-state index contributed by atoms with van der Waals surface area (Å²) in [6, 6.07) is 0. The van der Waals surface area contributed by atoms with Crippen molar-refractivity contribution >= 4 is 11.6 Å². The summed E-state index contributed by atoms with van der Waals surface area (Å²) in [5, 5.41) is 0. The highest BCUT2D eigenvalue weighted by atomic mass is 35.5. The number of hydrogen-bond donors (Lipinski definition) is 0. The molecule has 1 aliphatic carbocycles. The minimum absolute atomic E-state index is 0.353. The molecule has 0 saturated heterocycles. The fraction of sp³-hybridized carbons (Fsp3) is 1.00. The second-order valence-electron chi connectivity index (χ2n) is 4.27. The highest BCUT2D eigenvalue weighted by Gasteiger charge is 2.49. The van der Waals surface area contributed by atoms with E-state index in [4.69, 9.17) is 16.3 Å². The molecule has 0 aromatic carbocycles. The van der Waals surface area contributed by atoms with Crippen LogP contribution in [-0.4, -0.2) is 18.6 Å². The van der Waals surface area contributed by atoms with E-state index < -0.39 is 0 Å². The highest BCUT2D eigenvalue weighted by molar-refractivity contribution is 6.18. The van der Waals surface area contributed by atoms with Crippen molar-refractivity contribution in [1.82, 2.24) is 0 Å². The van der Waals surface area contributed by atoms with E-state index in [-0.39, 0.29) is 0 Å². The van der Waals surface area contributed by atoms with Crippen molar-refractivity contribution in [2.45, 2.75) is 39.7 Å². The van der Waals surface area contributed by atoms with Gasteiger partial charge in [0.05, 0.1) is 6.10 Å². The quantitative estimate of drug-likeness (QED) is 0.606. The van der Waals surface area contributed by atoms with Gasteiger partial charge < -0.3 is 4.74 Å². The number of alkyl halides is 1. The Kier molecular flexibility index (Phi) is 3.42. The van der Waals surface area contributed by atoms with Crippen LogP contribution >= 0.6 is 11.6 Å². The molecule has 0 aromatic heterocycles. The Bertz CT molecular complexity index is 143. The van der Waals surface area contributed by atoms with E-state index in [1.54, 1.807) is 0 Å². The monoisotopic (exact) mass is 190 g/mol. The van der Waals surface area contributed by atoms with Crippen LogP contribution in [0.5, 0.6) is 0 Å². The van der Waals surface area contributed by atoms with Crippen LogP contribution in [0.4, 0.5) is 0 Å². The summed E-state index contributed by atoms with van der Waals surface area (Å²) < 4.78 is 5.51. The van der Waals surface area contributed by atoms with E-state index in [1.807, 2.05) is 0 Å². The lowest BCUT2D eigenvalue weighted by Crippen LogP contribution is -2.12. The molecule has 0 bridgehead atoms. The Morgan fingerprint density at radius 1 is 1.58 bits per heavy atom. The molecule has 1 aliphatic rings. The highest BCUT2D eigenvalue weighted by Crippen LogP contribution is 2.55. The maximum atomic E-state index is 5.91. The summed E-state index contributed by atoms with van der Waals surface area (Å²) in [5.41, 5.74) is 0.427. The van der Waals surface area contributed by atoms with Gasteiger partial charge in [0, 0.05) is 12.5 Å². The Morgan fingerprint density at radius 3 is 2.50 bits per heavy atom. The van der Waals surface area contributed by atoms with Gasteiger partial charge in [-0.1, -0.05) is 6.92 Å². The van der Waals surface area contributed by atoms with E-state index in [2.05, 4.69) is 20.8 Å². The van der Waals surface area contributed by atoms with E-state index >= 15 is 0 Å². The molecule has 0 N–H and O–H groups in total. The van der Waals surface area contributed by atoms with Gasteiger partial charge in [0.2, 0.25) is 0 Å². The maximum Gasteiger partial charge on any atom is 0.0518 e. The number of halogens is 1. The first-order valence-electron chi connectivity index (χ1n) is 4.78. The second-order valence-corrected chi connectivity index (χ2v) is 4.54. The van der Waals surface area contributed by atoms with Gasteiger partial charge >= 0.3 is 0 Å². The minimum Gasteiger partial charge on any atom is -0.379 e. The molecule has 0 aromatic rings. The van der Waals surface area contributed by atoms with Crippen molar-refractivity contribution in [2.24, 2.45) is 11.3 Å².